The summed E-state index contributed by atoms with van der Waals surface area (Å²) in [5.74, 6) is 1.75. The molecular weight excluding hydrogens is 783 g/mol. The van der Waals surface area contributed by atoms with Crippen molar-refractivity contribution in [3.63, 3.8) is 0 Å². The first kappa shape index (κ1) is 35.6. The largest absolute Gasteiger partial charge is 0.277 e. The SMILES string of the molecule is c1ccc([Si](c2ccccc2)(c2ccccc2)c2ccc(-c3nc4nc(n3)n3c5ccccc5c5cccc(c6ccccc6c6cccc7c8ccccc8n4c67)c53)cc2)cc1. The second-order valence-corrected chi connectivity index (χ2v) is 20.1. The zero-order chi connectivity index (χ0) is 41.5. The number of nitrogens with zero attached hydrogens (tertiary/aromatic N) is 5. The van der Waals surface area contributed by atoms with Crippen LogP contribution in [-0.2, 0) is 0 Å². The average Bonchev–Trinajstić information content (AvgIpc) is 3.89. The maximum Gasteiger partial charge on any atom is 0.240 e. The third kappa shape index (κ3) is 5.19. The fraction of sp³-hybridized carbons (Fsp3) is 0. The second kappa shape index (κ2) is 13.9. The van der Waals surface area contributed by atoms with Gasteiger partial charge >= 0.3 is 0 Å². The number of rotatable bonds is 5. The summed E-state index contributed by atoms with van der Waals surface area (Å²) in [6, 6.07) is 81.5. The lowest BCUT2D eigenvalue weighted by atomic mass is 10.0. The Hall–Kier alpha value is -8.19. The molecule has 63 heavy (non-hydrogen) atoms. The molecule has 0 radical (unpaired) electrons. The van der Waals surface area contributed by atoms with Crippen molar-refractivity contribution in [2.24, 2.45) is 0 Å². The van der Waals surface area contributed by atoms with Crippen molar-refractivity contribution in [3.8, 4) is 11.4 Å². The molecule has 0 N–H and O–H groups in total. The number of para-hydroxylation sites is 4. The lowest BCUT2D eigenvalue weighted by molar-refractivity contribution is 1.06. The minimum absolute atomic E-state index is 0.571. The minimum atomic E-state index is -2.75. The van der Waals surface area contributed by atoms with Gasteiger partial charge in [-0.1, -0.05) is 212 Å². The van der Waals surface area contributed by atoms with Gasteiger partial charge in [-0.15, -0.1) is 0 Å². The number of hydrogen-bond donors (Lipinski definition) is 0. The van der Waals surface area contributed by atoms with Crippen molar-refractivity contribution in [2.45, 2.75) is 0 Å². The molecule has 13 aromatic rings. The van der Waals surface area contributed by atoms with Crippen molar-refractivity contribution in [1.82, 2.24) is 23.8 Å². The molecule has 0 saturated carbocycles. The van der Waals surface area contributed by atoms with Crippen LogP contribution in [0.4, 0.5) is 0 Å². The van der Waals surface area contributed by atoms with Gasteiger partial charge in [0.2, 0.25) is 11.6 Å². The molecule has 2 bridgehead atoms. The first-order valence-electron chi connectivity index (χ1n) is 21.5. The number of hydrogen-bond acceptors (Lipinski definition) is 3. The van der Waals surface area contributed by atoms with E-state index in [1.165, 1.54) is 20.7 Å². The maximum atomic E-state index is 5.50. The van der Waals surface area contributed by atoms with Gasteiger partial charge in [-0.2, -0.15) is 15.0 Å². The fourth-order valence-electron chi connectivity index (χ4n) is 10.5. The highest BCUT2D eigenvalue weighted by Crippen LogP contribution is 2.38. The average molecular weight is 820 g/mol. The Morgan fingerprint density at radius 2 is 0.603 bits per heavy atom. The van der Waals surface area contributed by atoms with Crippen LogP contribution in [0, 0.1) is 0 Å². The van der Waals surface area contributed by atoms with Crippen LogP contribution in [0.15, 0.2) is 224 Å². The van der Waals surface area contributed by atoms with E-state index in [1.807, 2.05) is 0 Å². The first-order chi connectivity index (χ1) is 31.3. The van der Waals surface area contributed by atoms with Gasteiger partial charge < -0.3 is 0 Å². The van der Waals surface area contributed by atoms with E-state index < -0.39 is 8.07 Å². The van der Waals surface area contributed by atoms with Crippen molar-refractivity contribution in [1.29, 1.82) is 0 Å². The van der Waals surface area contributed by atoms with Gasteiger partial charge in [0.1, 0.15) is 0 Å². The summed E-state index contributed by atoms with van der Waals surface area (Å²) in [7, 11) is -2.75. The fourth-order valence-corrected chi connectivity index (χ4v) is 15.2. The Morgan fingerprint density at radius 1 is 0.270 bits per heavy atom. The molecule has 0 saturated heterocycles. The van der Waals surface area contributed by atoms with Crippen LogP contribution in [0.25, 0.3) is 88.1 Å². The van der Waals surface area contributed by atoms with E-state index in [-0.39, 0.29) is 0 Å². The Bertz CT molecular complexity index is 3690. The summed E-state index contributed by atoms with van der Waals surface area (Å²) in [6.45, 7) is 0. The number of fused-ring (bicyclic) bond motifs is 13. The third-order valence-electron chi connectivity index (χ3n) is 13.1. The molecule has 0 aliphatic carbocycles. The molecular formula is C57H37N5Si. The van der Waals surface area contributed by atoms with Gasteiger partial charge in [-0.25, -0.2) is 0 Å². The molecule has 5 nitrogen and oxygen atoms in total. The summed E-state index contributed by atoms with van der Waals surface area (Å²) in [5.41, 5.74) is 5.13. The predicted molar refractivity (Wildman–Crippen MR) is 265 cm³/mol. The molecule has 0 fully saturated rings. The second-order valence-electron chi connectivity index (χ2n) is 16.3. The Labute approximate surface area is 363 Å². The van der Waals surface area contributed by atoms with Crippen LogP contribution >= 0.6 is 0 Å². The normalized spacial score (nSPS) is 12.1. The van der Waals surface area contributed by atoms with Crippen LogP contribution in [0.3, 0.4) is 0 Å². The van der Waals surface area contributed by atoms with Gasteiger partial charge in [-0.3, -0.25) is 8.80 Å². The van der Waals surface area contributed by atoms with Crippen LogP contribution in [0.2, 0.25) is 0 Å². The molecule has 0 amide bonds. The lowest BCUT2D eigenvalue weighted by Gasteiger charge is -2.34. The van der Waals surface area contributed by atoms with Crippen molar-refractivity contribution < 1.29 is 0 Å². The summed E-state index contributed by atoms with van der Waals surface area (Å²) in [6.07, 6.45) is 0. The van der Waals surface area contributed by atoms with E-state index >= 15 is 0 Å². The standard InChI is InChI=1S/C57H37N5Si/c1-4-18-39(19-5-1)63(40-20-6-2-7-21-40,41-22-8-3-9-23-41)42-36-34-38(35-37-42)55-58-56-60-57(59-55)62-52-33-15-13-27-46(52)50-31-17-29-48(54(50)62)44-25-11-10-24-43(44)47-28-16-30-49-45-26-12-14-32-51(45)61(56)53(47)49/h1-37H. The highest BCUT2D eigenvalue weighted by atomic mass is 28.3. The third-order valence-corrected chi connectivity index (χ3v) is 17.9. The monoisotopic (exact) mass is 819 g/mol. The quantitative estimate of drug-likeness (QED) is 0.128. The number of benzene rings is 9. The predicted octanol–water partition coefficient (Wildman–Crippen LogP) is 10.9. The molecule has 9 aromatic carbocycles. The van der Waals surface area contributed by atoms with Crippen LogP contribution in [0.1, 0.15) is 0 Å². The van der Waals surface area contributed by atoms with Gasteiger partial charge in [0, 0.05) is 37.9 Å². The molecule has 4 heterocycles. The van der Waals surface area contributed by atoms with Crippen molar-refractivity contribution in [2.75, 3.05) is 0 Å². The van der Waals surface area contributed by atoms with Gasteiger partial charge in [-0.05, 0) is 43.7 Å². The summed E-state index contributed by atoms with van der Waals surface area (Å²) < 4.78 is 4.52. The van der Waals surface area contributed by atoms with Crippen LogP contribution in [-0.4, -0.2) is 31.8 Å². The lowest BCUT2D eigenvalue weighted by Crippen LogP contribution is -2.74. The van der Waals surface area contributed by atoms with E-state index in [2.05, 4.69) is 233 Å². The van der Waals surface area contributed by atoms with E-state index in [9.17, 15) is 0 Å². The first-order valence-corrected chi connectivity index (χ1v) is 23.5. The summed E-state index contributed by atoms with van der Waals surface area (Å²) >= 11 is 0. The van der Waals surface area contributed by atoms with E-state index in [0.717, 1.165) is 70.7 Å². The molecule has 0 unspecified atom stereocenters. The molecule has 0 spiro atoms. The van der Waals surface area contributed by atoms with Gasteiger partial charge in [0.25, 0.3) is 0 Å². The van der Waals surface area contributed by atoms with E-state index in [1.54, 1.807) is 0 Å². The Balaban J connectivity index is 1.19. The zero-order valence-corrected chi connectivity index (χ0v) is 35.1. The molecule has 0 aliphatic rings. The maximum absolute atomic E-state index is 5.50. The minimum Gasteiger partial charge on any atom is -0.277 e. The smallest absolute Gasteiger partial charge is 0.240 e. The summed E-state index contributed by atoms with van der Waals surface area (Å²) in [5, 5.41) is 14.4. The van der Waals surface area contributed by atoms with Crippen molar-refractivity contribution in [3.05, 3.63) is 224 Å². The summed E-state index contributed by atoms with van der Waals surface area (Å²) in [4.78, 5) is 16.4. The van der Waals surface area contributed by atoms with Crippen LogP contribution in [0.5, 0.6) is 0 Å². The zero-order valence-electron chi connectivity index (χ0n) is 34.1. The Kier molecular flexibility index (Phi) is 7.86. The molecule has 13 rings (SSSR count). The highest BCUT2D eigenvalue weighted by Gasteiger charge is 2.41. The van der Waals surface area contributed by atoms with E-state index in [4.69, 9.17) is 15.0 Å². The van der Waals surface area contributed by atoms with Crippen molar-refractivity contribution >= 4 is 106 Å². The van der Waals surface area contributed by atoms with E-state index in [0.29, 0.717) is 17.4 Å². The van der Waals surface area contributed by atoms with Crippen LogP contribution < -0.4 is 20.7 Å². The molecule has 6 heteroatoms. The molecule has 294 valence electrons. The number of aromatic nitrogens is 5. The topological polar surface area (TPSA) is 47.5 Å². The molecule has 0 atom stereocenters. The molecule has 4 aromatic heterocycles. The van der Waals surface area contributed by atoms with Gasteiger partial charge in [0.05, 0.1) is 22.1 Å². The molecule has 0 aliphatic heterocycles. The Morgan fingerprint density at radius 3 is 1.03 bits per heavy atom. The highest BCUT2D eigenvalue weighted by molar-refractivity contribution is 7.19. The van der Waals surface area contributed by atoms with Gasteiger partial charge in [0.15, 0.2) is 13.9 Å².